The fourth-order valence-corrected chi connectivity index (χ4v) is 3.76. The fraction of sp³-hybridized carbons (Fsp3) is 0.538. The first-order valence-corrected chi connectivity index (χ1v) is 7.92. The number of nitrogens with two attached hydrogens (primary N) is 1. The van der Waals surface area contributed by atoms with Crippen LogP contribution in [0.3, 0.4) is 0 Å². The quantitative estimate of drug-likeness (QED) is 0.797. The Bertz CT molecular complexity index is 519. The zero-order valence-electron chi connectivity index (χ0n) is 10.2. The van der Waals surface area contributed by atoms with Crippen molar-refractivity contribution in [2.24, 2.45) is 11.8 Å². The number of sulfonamides is 1. The maximum absolute atomic E-state index is 12.3. The molecule has 0 atom stereocenters. The molecule has 1 aromatic carbocycles. The van der Waals surface area contributed by atoms with Gasteiger partial charge in [-0.2, -0.15) is 0 Å². The highest BCUT2D eigenvalue weighted by atomic mass is 32.2. The molecule has 2 fully saturated rings. The van der Waals surface area contributed by atoms with Crippen LogP contribution in [0.2, 0.25) is 0 Å². The summed E-state index contributed by atoms with van der Waals surface area (Å²) in [7, 11) is -3.39. The van der Waals surface area contributed by atoms with Gasteiger partial charge in [-0.1, -0.05) is 0 Å². The van der Waals surface area contributed by atoms with Gasteiger partial charge in [0.1, 0.15) is 0 Å². The number of hydrogen-bond acceptors (Lipinski definition) is 3. The second-order valence-corrected chi connectivity index (χ2v) is 7.10. The maximum atomic E-state index is 12.3. The molecule has 0 aromatic heterocycles. The molecule has 0 saturated heterocycles. The van der Waals surface area contributed by atoms with E-state index in [1.54, 1.807) is 24.3 Å². The Balaban J connectivity index is 1.78. The Morgan fingerprint density at radius 2 is 1.56 bits per heavy atom. The minimum absolute atomic E-state index is 0.146. The van der Waals surface area contributed by atoms with E-state index in [2.05, 4.69) is 4.72 Å². The number of anilines is 1. The van der Waals surface area contributed by atoms with Crippen LogP contribution in [-0.2, 0) is 10.0 Å². The highest BCUT2D eigenvalue weighted by Crippen LogP contribution is 2.45. The highest BCUT2D eigenvalue weighted by Gasteiger charge is 2.43. The molecule has 2 aliphatic rings. The lowest BCUT2D eigenvalue weighted by Crippen LogP contribution is -2.38. The minimum Gasteiger partial charge on any atom is -0.399 e. The van der Waals surface area contributed by atoms with Crippen LogP contribution in [0.15, 0.2) is 29.2 Å². The first kappa shape index (κ1) is 12.0. The minimum atomic E-state index is -3.39. The van der Waals surface area contributed by atoms with Gasteiger partial charge in [-0.15, -0.1) is 0 Å². The van der Waals surface area contributed by atoms with E-state index in [0.29, 0.717) is 22.4 Å². The summed E-state index contributed by atoms with van der Waals surface area (Å²) in [5, 5.41) is 0. The third kappa shape index (κ3) is 2.52. The van der Waals surface area contributed by atoms with Crippen LogP contribution in [0.5, 0.6) is 0 Å². The average Bonchev–Trinajstić information content (AvgIpc) is 3.18. The van der Waals surface area contributed by atoms with Crippen molar-refractivity contribution < 1.29 is 8.42 Å². The summed E-state index contributed by atoms with van der Waals surface area (Å²) in [6, 6.07) is 6.52. The van der Waals surface area contributed by atoms with Gasteiger partial charge in [-0.3, -0.25) is 0 Å². The Kier molecular flexibility index (Phi) is 2.83. The van der Waals surface area contributed by atoms with Crippen LogP contribution in [0.25, 0.3) is 0 Å². The number of nitrogens with one attached hydrogen (secondary N) is 1. The molecule has 2 aliphatic carbocycles. The summed E-state index contributed by atoms with van der Waals surface area (Å²) in [6.07, 6.45) is 4.63. The van der Waals surface area contributed by atoms with Gasteiger partial charge in [-0.25, -0.2) is 13.1 Å². The van der Waals surface area contributed by atoms with Crippen molar-refractivity contribution in [3.63, 3.8) is 0 Å². The van der Waals surface area contributed by atoms with Crippen LogP contribution >= 0.6 is 0 Å². The second kappa shape index (κ2) is 4.24. The zero-order chi connectivity index (χ0) is 12.8. The first-order valence-electron chi connectivity index (χ1n) is 6.44. The number of nitrogen functional groups attached to an aromatic ring is 1. The monoisotopic (exact) mass is 266 g/mol. The van der Waals surface area contributed by atoms with Crippen LogP contribution in [0.4, 0.5) is 5.69 Å². The molecule has 2 saturated carbocycles. The molecule has 1 aromatic rings. The molecule has 3 rings (SSSR count). The molecule has 0 bridgehead atoms. The van der Waals surface area contributed by atoms with Gasteiger partial charge in [-0.05, 0) is 61.8 Å². The molecule has 4 nitrogen and oxygen atoms in total. The van der Waals surface area contributed by atoms with Crippen molar-refractivity contribution in [1.82, 2.24) is 4.72 Å². The van der Waals surface area contributed by atoms with Gasteiger partial charge in [0.2, 0.25) is 10.0 Å². The number of benzene rings is 1. The summed E-state index contributed by atoms with van der Waals surface area (Å²) < 4.78 is 27.4. The molecule has 0 aliphatic heterocycles. The Labute approximate surface area is 108 Å². The van der Waals surface area contributed by atoms with E-state index in [1.807, 2.05) is 0 Å². The van der Waals surface area contributed by atoms with Gasteiger partial charge in [0, 0.05) is 11.7 Å². The predicted octanol–water partition coefficient (Wildman–Crippen LogP) is 1.74. The van der Waals surface area contributed by atoms with E-state index in [-0.39, 0.29) is 6.04 Å². The number of hydrogen-bond donors (Lipinski definition) is 2. The average molecular weight is 266 g/mol. The van der Waals surface area contributed by atoms with Crippen LogP contribution < -0.4 is 10.5 Å². The lowest BCUT2D eigenvalue weighted by molar-refractivity contribution is 0.471. The van der Waals surface area contributed by atoms with Crippen LogP contribution in [0.1, 0.15) is 25.7 Å². The molecular weight excluding hydrogens is 248 g/mol. The van der Waals surface area contributed by atoms with Gasteiger partial charge in [0.05, 0.1) is 4.90 Å². The standard InChI is InChI=1S/C13H18N2O2S/c14-11-5-7-12(8-6-11)18(16,17)15-13(9-1-2-9)10-3-4-10/h5-10,13,15H,1-4,14H2. The molecule has 0 heterocycles. The Morgan fingerprint density at radius 3 is 2.00 bits per heavy atom. The van der Waals surface area contributed by atoms with Gasteiger partial charge >= 0.3 is 0 Å². The summed E-state index contributed by atoms with van der Waals surface area (Å²) in [4.78, 5) is 0.308. The SMILES string of the molecule is Nc1ccc(S(=O)(=O)NC(C2CC2)C2CC2)cc1. The summed E-state index contributed by atoms with van der Waals surface area (Å²) in [6.45, 7) is 0. The zero-order valence-corrected chi connectivity index (χ0v) is 11.0. The highest BCUT2D eigenvalue weighted by molar-refractivity contribution is 7.89. The van der Waals surface area contributed by atoms with E-state index < -0.39 is 10.0 Å². The predicted molar refractivity (Wildman–Crippen MR) is 70.4 cm³/mol. The lowest BCUT2D eigenvalue weighted by Gasteiger charge is -2.17. The Hall–Kier alpha value is -1.07. The molecule has 5 heteroatoms. The van der Waals surface area contributed by atoms with Gasteiger partial charge in [0.15, 0.2) is 0 Å². The normalized spacial score (nSPS) is 20.3. The second-order valence-electron chi connectivity index (χ2n) is 5.39. The van der Waals surface area contributed by atoms with Crippen molar-refractivity contribution >= 4 is 15.7 Å². The molecule has 3 N–H and O–H groups in total. The molecular formula is C13H18N2O2S. The maximum Gasteiger partial charge on any atom is 0.240 e. The van der Waals surface area contributed by atoms with Gasteiger partial charge in [0.25, 0.3) is 0 Å². The first-order chi connectivity index (χ1) is 8.56. The lowest BCUT2D eigenvalue weighted by atomic mass is 10.1. The van der Waals surface area contributed by atoms with Crippen molar-refractivity contribution in [1.29, 1.82) is 0 Å². The number of rotatable bonds is 5. The van der Waals surface area contributed by atoms with E-state index in [9.17, 15) is 8.42 Å². The van der Waals surface area contributed by atoms with E-state index >= 15 is 0 Å². The third-order valence-electron chi connectivity index (χ3n) is 3.74. The Morgan fingerprint density at radius 1 is 1.06 bits per heavy atom. The molecule has 18 heavy (non-hydrogen) atoms. The smallest absolute Gasteiger partial charge is 0.240 e. The van der Waals surface area contributed by atoms with E-state index in [4.69, 9.17) is 5.73 Å². The third-order valence-corrected chi connectivity index (χ3v) is 5.22. The molecule has 0 unspecified atom stereocenters. The van der Waals surface area contributed by atoms with Crippen molar-refractivity contribution in [3.05, 3.63) is 24.3 Å². The molecule has 0 amide bonds. The van der Waals surface area contributed by atoms with Crippen LogP contribution in [-0.4, -0.2) is 14.5 Å². The summed E-state index contributed by atoms with van der Waals surface area (Å²) in [5.41, 5.74) is 6.15. The molecule has 0 spiro atoms. The van der Waals surface area contributed by atoms with E-state index in [1.165, 1.54) is 0 Å². The molecule has 98 valence electrons. The van der Waals surface area contributed by atoms with Crippen LogP contribution in [0, 0.1) is 11.8 Å². The largest absolute Gasteiger partial charge is 0.399 e. The van der Waals surface area contributed by atoms with E-state index in [0.717, 1.165) is 25.7 Å². The van der Waals surface area contributed by atoms with Crippen molar-refractivity contribution in [3.8, 4) is 0 Å². The summed E-state index contributed by atoms with van der Waals surface area (Å²) >= 11 is 0. The van der Waals surface area contributed by atoms with Crippen molar-refractivity contribution in [2.45, 2.75) is 36.6 Å². The molecule has 0 radical (unpaired) electrons. The fourth-order valence-electron chi connectivity index (χ4n) is 2.38. The van der Waals surface area contributed by atoms with Gasteiger partial charge < -0.3 is 5.73 Å². The van der Waals surface area contributed by atoms with Crippen molar-refractivity contribution in [2.75, 3.05) is 5.73 Å². The summed E-state index contributed by atoms with van der Waals surface area (Å²) in [5.74, 6) is 1.11. The topological polar surface area (TPSA) is 72.2 Å².